The van der Waals surface area contributed by atoms with Crippen molar-refractivity contribution in [3.63, 3.8) is 0 Å². The highest BCUT2D eigenvalue weighted by Crippen LogP contribution is 2.34. The maximum Gasteiger partial charge on any atom is 0.253 e. The van der Waals surface area contributed by atoms with Crippen LogP contribution in [0.4, 0.5) is 5.69 Å². The number of carbonyl (C=O) groups excluding carboxylic acids is 2. The lowest BCUT2D eigenvalue weighted by molar-refractivity contribution is -0.137. The molecule has 1 aromatic rings. The Bertz CT molecular complexity index is 558. The first kappa shape index (κ1) is 15.4. The lowest BCUT2D eigenvalue weighted by atomic mass is 9.91. The van der Waals surface area contributed by atoms with E-state index in [0.29, 0.717) is 24.5 Å². The molecule has 5 nitrogen and oxygen atoms in total. The van der Waals surface area contributed by atoms with Crippen LogP contribution in [0, 0.1) is 0 Å². The average molecular weight is 290 g/mol. The van der Waals surface area contributed by atoms with Gasteiger partial charge in [-0.15, -0.1) is 0 Å². The molecule has 1 saturated heterocycles. The van der Waals surface area contributed by atoms with E-state index in [-0.39, 0.29) is 11.8 Å². The Morgan fingerprint density at radius 1 is 1.29 bits per heavy atom. The maximum atomic E-state index is 12.8. The summed E-state index contributed by atoms with van der Waals surface area (Å²) in [6, 6.07) is 6.77. The highest BCUT2D eigenvalue weighted by Gasteiger charge is 2.46. The largest absolute Gasteiger partial charge is 0.492 e. The van der Waals surface area contributed by atoms with Crippen LogP contribution in [0.1, 0.15) is 34.1 Å². The van der Waals surface area contributed by atoms with Gasteiger partial charge in [-0.2, -0.15) is 0 Å². The molecule has 114 valence electrons. The van der Waals surface area contributed by atoms with E-state index in [4.69, 9.17) is 4.74 Å². The van der Waals surface area contributed by atoms with Crippen LogP contribution in [0.25, 0.3) is 0 Å². The second kappa shape index (κ2) is 5.76. The predicted octanol–water partition coefficient (Wildman–Crippen LogP) is 2.11. The topological polar surface area (TPSA) is 58.6 Å². The SMILES string of the molecule is CCOc1ccccc1N1C(=O)C(C)(CC)NC(=O)C1C. The fraction of sp³-hybridized carbons (Fsp3) is 0.500. The van der Waals surface area contributed by atoms with Gasteiger partial charge in [-0.25, -0.2) is 0 Å². The Labute approximate surface area is 125 Å². The molecule has 1 aliphatic rings. The van der Waals surface area contributed by atoms with Crippen molar-refractivity contribution in [2.75, 3.05) is 11.5 Å². The quantitative estimate of drug-likeness (QED) is 0.924. The molecule has 1 aromatic carbocycles. The maximum absolute atomic E-state index is 12.8. The molecule has 21 heavy (non-hydrogen) atoms. The Morgan fingerprint density at radius 2 is 1.95 bits per heavy atom. The number of hydrogen-bond acceptors (Lipinski definition) is 3. The fourth-order valence-corrected chi connectivity index (χ4v) is 2.48. The summed E-state index contributed by atoms with van der Waals surface area (Å²) in [6.07, 6.45) is 0.539. The first-order chi connectivity index (χ1) is 9.94. The van der Waals surface area contributed by atoms with E-state index in [1.165, 1.54) is 0 Å². The number of carbonyl (C=O) groups is 2. The number of amides is 2. The summed E-state index contributed by atoms with van der Waals surface area (Å²) in [5.74, 6) is 0.364. The smallest absolute Gasteiger partial charge is 0.253 e. The van der Waals surface area contributed by atoms with Crippen LogP contribution in [0.5, 0.6) is 5.75 Å². The molecule has 0 bridgehead atoms. The molecule has 1 N–H and O–H groups in total. The highest BCUT2D eigenvalue weighted by molar-refractivity contribution is 6.11. The van der Waals surface area contributed by atoms with Gasteiger partial charge in [-0.1, -0.05) is 19.1 Å². The van der Waals surface area contributed by atoms with Crippen LogP contribution >= 0.6 is 0 Å². The third kappa shape index (κ3) is 2.60. The number of rotatable bonds is 4. The van der Waals surface area contributed by atoms with Gasteiger partial charge < -0.3 is 10.1 Å². The van der Waals surface area contributed by atoms with E-state index in [1.807, 2.05) is 38.1 Å². The Hall–Kier alpha value is -2.04. The third-order valence-electron chi connectivity index (χ3n) is 3.99. The van der Waals surface area contributed by atoms with Gasteiger partial charge in [0, 0.05) is 0 Å². The van der Waals surface area contributed by atoms with E-state index >= 15 is 0 Å². The molecular weight excluding hydrogens is 268 g/mol. The van der Waals surface area contributed by atoms with Crippen molar-refractivity contribution >= 4 is 17.5 Å². The molecule has 2 rings (SSSR count). The van der Waals surface area contributed by atoms with E-state index in [9.17, 15) is 9.59 Å². The van der Waals surface area contributed by atoms with Crippen LogP contribution in [0.2, 0.25) is 0 Å². The lowest BCUT2D eigenvalue weighted by Crippen LogP contribution is -2.68. The third-order valence-corrected chi connectivity index (χ3v) is 3.99. The zero-order valence-corrected chi connectivity index (χ0v) is 13.0. The number of para-hydroxylation sites is 2. The van der Waals surface area contributed by atoms with Gasteiger partial charge >= 0.3 is 0 Å². The summed E-state index contributed by atoms with van der Waals surface area (Å²) in [5.41, 5.74) is -0.227. The summed E-state index contributed by atoms with van der Waals surface area (Å²) in [7, 11) is 0. The minimum absolute atomic E-state index is 0.107. The molecule has 0 aromatic heterocycles. The minimum Gasteiger partial charge on any atom is -0.492 e. The molecule has 1 fully saturated rings. The van der Waals surface area contributed by atoms with Crippen molar-refractivity contribution in [1.29, 1.82) is 0 Å². The van der Waals surface area contributed by atoms with E-state index in [0.717, 1.165) is 0 Å². The predicted molar refractivity (Wildman–Crippen MR) is 81.4 cm³/mol. The number of hydrogen-bond donors (Lipinski definition) is 1. The summed E-state index contributed by atoms with van der Waals surface area (Å²) >= 11 is 0. The molecule has 2 amide bonds. The minimum atomic E-state index is -0.872. The molecule has 5 heteroatoms. The van der Waals surface area contributed by atoms with Crippen LogP contribution in [0.3, 0.4) is 0 Å². The van der Waals surface area contributed by atoms with Crippen LogP contribution in [0.15, 0.2) is 24.3 Å². The molecule has 0 radical (unpaired) electrons. The lowest BCUT2D eigenvalue weighted by Gasteiger charge is -2.43. The molecule has 2 atom stereocenters. The van der Waals surface area contributed by atoms with Crippen molar-refractivity contribution in [1.82, 2.24) is 5.32 Å². The molecule has 0 saturated carbocycles. The molecular formula is C16H22N2O3. The van der Waals surface area contributed by atoms with Gasteiger partial charge in [0.1, 0.15) is 17.3 Å². The van der Waals surface area contributed by atoms with E-state index < -0.39 is 11.6 Å². The molecule has 1 aliphatic heterocycles. The van der Waals surface area contributed by atoms with Gasteiger partial charge in [0.15, 0.2) is 0 Å². The van der Waals surface area contributed by atoms with Crippen molar-refractivity contribution in [2.24, 2.45) is 0 Å². The van der Waals surface area contributed by atoms with Gasteiger partial charge in [0.05, 0.1) is 12.3 Å². The summed E-state index contributed by atoms with van der Waals surface area (Å²) in [5, 5.41) is 2.82. The van der Waals surface area contributed by atoms with E-state index in [2.05, 4.69) is 5.32 Å². The van der Waals surface area contributed by atoms with Gasteiger partial charge in [0.25, 0.3) is 5.91 Å². The zero-order chi connectivity index (χ0) is 15.6. The summed E-state index contributed by atoms with van der Waals surface area (Å²) < 4.78 is 5.60. The number of nitrogens with one attached hydrogen (secondary N) is 1. The number of nitrogens with zero attached hydrogens (tertiary/aromatic N) is 1. The van der Waals surface area contributed by atoms with Crippen LogP contribution in [-0.2, 0) is 9.59 Å². The van der Waals surface area contributed by atoms with Crippen molar-refractivity contribution in [3.05, 3.63) is 24.3 Å². The number of benzene rings is 1. The average Bonchev–Trinajstić information content (AvgIpc) is 2.47. The van der Waals surface area contributed by atoms with Crippen molar-refractivity contribution < 1.29 is 14.3 Å². The Kier molecular flexibility index (Phi) is 4.21. The van der Waals surface area contributed by atoms with Gasteiger partial charge in [0.2, 0.25) is 5.91 Å². The number of ether oxygens (including phenoxy) is 1. The summed E-state index contributed by atoms with van der Waals surface area (Å²) in [6.45, 7) is 7.77. The second-order valence-electron chi connectivity index (χ2n) is 5.43. The molecule has 2 unspecified atom stereocenters. The number of piperazine rings is 1. The van der Waals surface area contributed by atoms with Crippen molar-refractivity contribution in [2.45, 2.75) is 45.7 Å². The first-order valence-corrected chi connectivity index (χ1v) is 7.32. The van der Waals surface area contributed by atoms with Crippen LogP contribution < -0.4 is 15.0 Å². The molecule has 0 aliphatic carbocycles. The second-order valence-corrected chi connectivity index (χ2v) is 5.43. The Balaban J connectivity index is 2.49. The highest BCUT2D eigenvalue weighted by atomic mass is 16.5. The van der Waals surface area contributed by atoms with Gasteiger partial charge in [-0.3, -0.25) is 14.5 Å². The zero-order valence-electron chi connectivity index (χ0n) is 13.0. The number of anilines is 1. The van der Waals surface area contributed by atoms with Crippen LogP contribution in [-0.4, -0.2) is 30.0 Å². The monoisotopic (exact) mass is 290 g/mol. The first-order valence-electron chi connectivity index (χ1n) is 7.32. The van der Waals surface area contributed by atoms with Crippen molar-refractivity contribution in [3.8, 4) is 5.75 Å². The molecule has 0 spiro atoms. The van der Waals surface area contributed by atoms with Gasteiger partial charge in [-0.05, 0) is 39.3 Å². The normalized spacial score (nSPS) is 25.7. The molecule has 1 heterocycles. The fourth-order valence-electron chi connectivity index (χ4n) is 2.48. The summed E-state index contributed by atoms with van der Waals surface area (Å²) in [4.78, 5) is 26.6. The van der Waals surface area contributed by atoms with E-state index in [1.54, 1.807) is 18.7 Å². The Morgan fingerprint density at radius 3 is 2.57 bits per heavy atom. The standard InChI is InChI=1S/C16H22N2O3/c1-5-16(4)15(20)18(11(3)14(19)17-16)12-9-7-8-10-13(12)21-6-2/h7-11H,5-6H2,1-4H3,(H,17,19).